The molecule has 0 N–H and O–H groups in total. The van der Waals surface area contributed by atoms with E-state index in [1.807, 2.05) is 43.5 Å². The Labute approximate surface area is 132 Å². The van der Waals surface area contributed by atoms with Crippen LogP contribution >= 0.6 is 11.8 Å². The average molecular weight is 310 g/mol. The van der Waals surface area contributed by atoms with E-state index in [1.54, 1.807) is 18.3 Å². The minimum atomic E-state index is -0.438. The van der Waals surface area contributed by atoms with Crippen molar-refractivity contribution in [2.24, 2.45) is 4.99 Å². The molecule has 0 aliphatic carbocycles. The molecule has 0 unspecified atom stereocenters. The first-order valence-corrected chi connectivity index (χ1v) is 7.98. The Morgan fingerprint density at radius 2 is 1.95 bits per heavy atom. The maximum Gasteiger partial charge on any atom is 0.363 e. The van der Waals surface area contributed by atoms with Gasteiger partial charge in [0.05, 0.1) is 5.56 Å². The van der Waals surface area contributed by atoms with Crippen LogP contribution in [0.25, 0.3) is 6.08 Å². The lowest BCUT2D eigenvalue weighted by Gasteiger charge is -2.03. The second kappa shape index (κ2) is 6.15. The van der Waals surface area contributed by atoms with Gasteiger partial charge in [-0.3, -0.25) is 0 Å². The van der Waals surface area contributed by atoms with Crippen LogP contribution in [0.15, 0.2) is 58.3 Å². The second-order valence-electron chi connectivity index (χ2n) is 4.81. The van der Waals surface area contributed by atoms with Gasteiger partial charge in [-0.2, -0.15) is 0 Å². The molecule has 3 rings (SSSR count). The number of carbonyl (C=O) groups is 1. The van der Waals surface area contributed by atoms with Crippen molar-refractivity contribution in [3.63, 3.8) is 0 Å². The van der Waals surface area contributed by atoms with Crippen molar-refractivity contribution in [1.29, 1.82) is 0 Å². The Morgan fingerprint density at radius 3 is 2.68 bits per heavy atom. The summed E-state index contributed by atoms with van der Waals surface area (Å²) in [4.78, 5) is 20.6. The van der Waals surface area contributed by atoms with Crippen LogP contribution in [0, 0.1) is 6.92 Å². The van der Waals surface area contributed by atoms with E-state index in [2.05, 4.69) is 9.98 Å². The first-order valence-electron chi connectivity index (χ1n) is 6.76. The smallest absolute Gasteiger partial charge is 0.363 e. The van der Waals surface area contributed by atoms with Gasteiger partial charge in [-0.15, -0.1) is 11.8 Å². The summed E-state index contributed by atoms with van der Waals surface area (Å²) in [5.74, 6) is -0.132. The molecule has 0 bridgehead atoms. The highest BCUT2D eigenvalue weighted by molar-refractivity contribution is 7.98. The molecular formula is C17H14N2O2S. The van der Waals surface area contributed by atoms with Crippen molar-refractivity contribution < 1.29 is 9.53 Å². The van der Waals surface area contributed by atoms with Crippen molar-refractivity contribution in [2.45, 2.75) is 11.9 Å². The number of ether oxygens (including phenoxy) is 1. The van der Waals surface area contributed by atoms with Gasteiger partial charge in [0, 0.05) is 6.20 Å². The van der Waals surface area contributed by atoms with E-state index in [1.165, 1.54) is 17.3 Å². The predicted octanol–water partition coefficient (Wildman–Crippen LogP) is 3.46. The number of aromatic nitrogens is 1. The number of nitrogens with zero attached hydrogens (tertiary/aromatic N) is 2. The Hall–Kier alpha value is -2.40. The van der Waals surface area contributed by atoms with Gasteiger partial charge < -0.3 is 4.74 Å². The van der Waals surface area contributed by atoms with Crippen LogP contribution in [-0.2, 0) is 9.53 Å². The standard InChI is InChI=1S/C17H14N2O2S/c1-11-5-7-12(8-6-11)10-14-17(20)21-15(19-14)13-4-3-9-18-16(13)22-2/h3-10H,1-2H3/b14-10+. The maximum atomic E-state index is 12.0. The molecule has 1 aromatic carbocycles. The lowest BCUT2D eigenvalue weighted by Crippen LogP contribution is -2.07. The van der Waals surface area contributed by atoms with E-state index in [9.17, 15) is 4.79 Å². The van der Waals surface area contributed by atoms with E-state index in [0.29, 0.717) is 11.6 Å². The minimum absolute atomic E-state index is 0.301. The van der Waals surface area contributed by atoms with Crippen LogP contribution in [0.2, 0.25) is 0 Å². The lowest BCUT2D eigenvalue weighted by atomic mass is 10.1. The summed E-state index contributed by atoms with van der Waals surface area (Å²) in [5, 5.41) is 0.783. The number of pyridine rings is 1. The normalized spacial score (nSPS) is 15.8. The maximum absolute atomic E-state index is 12.0. The highest BCUT2D eigenvalue weighted by atomic mass is 32.2. The van der Waals surface area contributed by atoms with Crippen molar-refractivity contribution >= 4 is 29.7 Å². The van der Waals surface area contributed by atoms with Crippen LogP contribution in [0.4, 0.5) is 0 Å². The fourth-order valence-corrected chi connectivity index (χ4v) is 2.60. The molecule has 2 aromatic rings. The van der Waals surface area contributed by atoms with Gasteiger partial charge in [-0.05, 0) is 37.0 Å². The summed E-state index contributed by atoms with van der Waals surface area (Å²) in [7, 11) is 0. The third-order valence-corrected chi connectivity index (χ3v) is 3.91. The zero-order valence-electron chi connectivity index (χ0n) is 12.2. The number of thioether (sulfide) groups is 1. The van der Waals surface area contributed by atoms with E-state index in [0.717, 1.165) is 16.2 Å². The largest absolute Gasteiger partial charge is 0.402 e. The van der Waals surface area contributed by atoms with Crippen molar-refractivity contribution in [2.75, 3.05) is 6.26 Å². The molecule has 0 atom stereocenters. The summed E-state index contributed by atoms with van der Waals surface area (Å²) < 4.78 is 5.29. The Morgan fingerprint density at radius 1 is 1.18 bits per heavy atom. The number of hydrogen-bond donors (Lipinski definition) is 0. The highest BCUT2D eigenvalue weighted by Crippen LogP contribution is 2.24. The average Bonchev–Trinajstić information content (AvgIpc) is 2.90. The number of benzene rings is 1. The zero-order valence-corrected chi connectivity index (χ0v) is 13.1. The summed E-state index contributed by atoms with van der Waals surface area (Å²) in [6.07, 6.45) is 5.35. The number of rotatable bonds is 3. The van der Waals surface area contributed by atoms with Gasteiger partial charge in [0.15, 0.2) is 5.70 Å². The summed E-state index contributed by atoms with van der Waals surface area (Å²) >= 11 is 1.49. The van der Waals surface area contributed by atoms with Crippen LogP contribution in [0.5, 0.6) is 0 Å². The molecule has 1 aliphatic heterocycles. The topological polar surface area (TPSA) is 51.5 Å². The van der Waals surface area contributed by atoms with Gasteiger partial charge in [0.2, 0.25) is 5.90 Å². The van der Waals surface area contributed by atoms with Gasteiger partial charge in [0.25, 0.3) is 0 Å². The van der Waals surface area contributed by atoms with Crippen LogP contribution < -0.4 is 0 Å². The molecule has 0 amide bonds. The molecule has 1 aliphatic rings. The monoisotopic (exact) mass is 310 g/mol. The van der Waals surface area contributed by atoms with Crippen molar-refractivity contribution in [1.82, 2.24) is 4.98 Å². The molecule has 1 aromatic heterocycles. The van der Waals surface area contributed by atoms with Crippen molar-refractivity contribution in [3.8, 4) is 0 Å². The SMILES string of the molecule is CSc1ncccc1C1=N/C(=C/c2ccc(C)cc2)C(=O)O1. The van der Waals surface area contributed by atoms with E-state index >= 15 is 0 Å². The molecule has 0 spiro atoms. The van der Waals surface area contributed by atoms with Crippen LogP contribution in [-0.4, -0.2) is 23.1 Å². The number of cyclic esters (lactones) is 1. The number of esters is 1. The number of aliphatic imine (C=N–C) groups is 1. The molecule has 0 radical (unpaired) electrons. The molecule has 0 saturated carbocycles. The molecule has 0 saturated heterocycles. The second-order valence-corrected chi connectivity index (χ2v) is 5.60. The van der Waals surface area contributed by atoms with Crippen LogP contribution in [0.1, 0.15) is 16.7 Å². The number of hydrogen-bond acceptors (Lipinski definition) is 5. The first kappa shape index (κ1) is 14.5. The molecule has 22 heavy (non-hydrogen) atoms. The Balaban J connectivity index is 1.96. The first-order chi connectivity index (χ1) is 10.7. The molecule has 110 valence electrons. The fraction of sp³-hybridized carbons (Fsp3) is 0.118. The Kier molecular flexibility index (Phi) is 4.06. The third-order valence-electron chi connectivity index (χ3n) is 3.20. The molecule has 2 heterocycles. The molecule has 4 nitrogen and oxygen atoms in total. The van der Waals surface area contributed by atoms with Crippen LogP contribution in [0.3, 0.4) is 0 Å². The summed E-state index contributed by atoms with van der Waals surface area (Å²) in [5.41, 5.74) is 3.12. The quantitative estimate of drug-likeness (QED) is 0.495. The summed E-state index contributed by atoms with van der Waals surface area (Å²) in [6, 6.07) is 11.5. The third kappa shape index (κ3) is 2.94. The predicted molar refractivity (Wildman–Crippen MR) is 87.8 cm³/mol. The summed E-state index contributed by atoms with van der Waals surface area (Å²) in [6.45, 7) is 2.02. The molecule has 5 heteroatoms. The molecular weight excluding hydrogens is 296 g/mol. The van der Waals surface area contributed by atoms with E-state index in [-0.39, 0.29) is 0 Å². The van der Waals surface area contributed by atoms with Gasteiger partial charge >= 0.3 is 5.97 Å². The van der Waals surface area contributed by atoms with Gasteiger partial charge in [-0.25, -0.2) is 14.8 Å². The zero-order chi connectivity index (χ0) is 15.5. The molecule has 0 fully saturated rings. The van der Waals surface area contributed by atoms with Crippen molar-refractivity contribution in [3.05, 3.63) is 65.0 Å². The van der Waals surface area contributed by atoms with E-state index in [4.69, 9.17) is 4.74 Å². The van der Waals surface area contributed by atoms with Gasteiger partial charge in [-0.1, -0.05) is 29.8 Å². The Bertz CT molecular complexity index is 780. The van der Waals surface area contributed by atoms with Gasteiger partial charge in [0.1, 0.15) is 5.03 Å². The number of carbonyl (C=O) groups excluding carboxylic acids is 1. The highest BCUT2D eigenvalue weighted by Gasteiger charge is 2.25. The minimum Gasteiger partial charge on any atom is -0.402 e. The number of aryl methyl sites for hydroxylation is 1. The lowest BCUT2D eigenvalue weighted by molar-refractivity contribution is -0.129. The fourth-order valence-electron chi connectivity index (χ4n) is 2.06. The van der Waals surface area contributed by atoms with E-state index < -0.39 is 5.97 Å².